The van der Waals surface area contributed by atoms with Crippen molar-refractivity contribution in [2.45, 2.75) is 13.1 Å². The van der Waals surface area contributed by atoms with Crippen LogP contribution >= 0.6 is 11.6 Å². The van der Waals surface area contributed by atoms with E-state index in [9.17, 15) is 4.79 Å². The molecule has 0 aliphatic carbocycles. The number of halogens is 1. The molecule has 1 amide bonds. The van der Waals surface area contributed by atoms with Gasteiger partial charge < -0.3 is 5.73 Å². The molecular weight excluding hydrogens is 404 g/mol. The van der Waals surface area contributed by atoms with Gasteiger partial charge in [0.05, 0.1) is 29.5 Å². The Morgan fingerprint density at radius 3 is 2.73 bits per heavy atom. The Labute approximate surface area is 176 Å². The van der Waals surface area contributed by atoms with Crippen molar-refractivity contribution in [3.8, 4) is 28.6 Å². The van der Waals surface area contributed by atoms with Crippen LogP contribution in [-0.2, 0) is 13.1 Å². The largest absolute Gasteiger partial charge is 0.364 e. The minimum absolute atomic E-state index is 0.173. The fraction of sp³-hybridized carbons (Fsp3) is 0.100. The highest BCUT2D eigenvalue weighted by Gasteiger charge is 2.14. The fourth-order valence-corrected chi connectivity index (χ4v) is 3.16. The third kappa shape index (κ3) is 3.90. The van der Waals surface area contributed by atoms with Crippen molar-refractivity contribution in [3.05, 3.63) is 71.5 Å². The van der Waals surface area contributed by atoms with Crippen molar-refractivity contribution in [2.75, 3.05) is 0 Å². The molecule has 0 radical (unpaired) electrons. The van der Waals surface area contributed by atoms with Crippen LogP contribution in [0.5, 0.6) is 0 Å². The number of aromatic nitrogens is 6. The zero-order valence-electron chi connectivity index (χ0n) is 15.6. The van der Waals surface area contributed by atoms with Gasteiger partial charge in [-0.25, -0.2) is 4.98 Å². The first-order valence-corrected chi connectivity index (χ1v) is 9.30. The van der Waals surface area contributed by atoms with Crippen molar-refractivity contribution in [1.29, 1.82) is 5.26 Å². The van der Waals surface area contributed by atoms with E-state index in [1.807, 2.05) is 30.5 Å². The van der Waals surface area contributed by atoms with Gasteiger partial charge in [-0.05, 0) is 30.3 Å². The molecule has 0 bridgehead atoms. The Kier molecular flexibility index (Phi) is 5.24. The minimum Gasteiger partial charge on any atom is -0.364 e. The topological polar surface area (TPSA) is 128 Å². The second-order valence-corrected chi connectivity index (χ2v) is 6.78. The maximum absolute atomic E-state index is 11.6. The second-order valence-electron chi connectivity index (χ2n) is 6.37. The Bertz CT molecular complexity index is 1260. The van der Waals surface area contributed by atoms with Crippen LogP contribution in [-0.4, -0.2) is 35.4 Å². The zero-order valence-corrected chi connectivity index (χ0v) is 16.4. The van der Waals surface area contributed by atoms with Crippen molar-refractivity contribution in [1.82, 2.24) is 29.5 Å². The molecule has 0 saturated heterocycles. The molecule has 4 aromatic rings. The summed E-state index contributed by atoms with van der Waals surface area (Å²) < 4.78 is 3.46. The highest BCUT2D eigenvalue weighted by Crippen LogP contribution is 2.23. The molecule has 0 aliphatic heterocycles. The summed E-state index contributed by atoms with van der Waals surface area (Å²) in [6, 6.07) is 10.8. The summed E-state index contributed by atoms with van der Waals surface area (Å²) in [5.41, 5.74) is 8.72. The van der Waals surface area contributed by atoms with Crippen LogP contribution in [0.3, 0.4) is 0 Å². The summed E-state index contributed by atoms with van der Waals surface area (Å²) in [5.74, 6) is -0.592. The number of nitrogens with zero attached hydrogens (tertiary/aromatic N) is 7. The maximum Gasteiger partial charge on any atom is 0.269 e. The standard InChI is InChI=1S/C20H15ClN8O/c21-15-8-14(12-25-18(15)10-22)16-3-5-28(26-16)6-7-29-19(9-17(27-29)20(23)30)13-2-1-4-24-11-13/h1-5,8-9,11-12H,6-7H2,(H2,23,30). The lowest BCUT2D eigenvalue weighted by Gasteiger charge is -2.07. The molecule has 4 rings (SSSR count). The molecule has 4 heterocycles. The molecule has 10 heteroatoms. The number of pyridine rings is 2. The SMILES string of the molecule is N#Cc1ncc(-c2ccn(CCn3nc(C(N)=O)cc3-c3cccnc3)n2)cc1Cl. The molecule has 0 atom stereocenters. The lowest BCUT2D eigenvalue weighted by molar-refractivity contribution is 0.0994. The smallest absolute Gasteiger partial charge is 0.269 e. The van der Waals surface area contributed by atoms with E-state index in [-0.39, 0.29) is 16.4 Å². The number of carbonyl (C=O) groups is 1. The van der Waals surface area contributed by atoms with Gasteiger partial charge in [-0.3, -0.25) is 19.1 Å². The fourth-order valence-electron chi connectivity index (χ4n) is 2.95. The number of nitriles is 1. The van der Waals surface area contributed by atoms with Gasteiger partial charge in [0.15, 0.2) is 11.4 Å². The molecule has 9 nitrogen and oxygen atoms in total. The van der Waals surface area contributed by atoms with E-state index in [1.165, 1.54) is 0 Å². The third-order valence-electron chi connectivity index (χ3n) is 4.41. The first-order valence-electron chi connectivity index (χ1n) is 8.92. The Morgan fingerprint density at radius 2 is 2.03 bits per heavy atom. The van der Waals surface area contributed by atoms with Gasteiger partial charge in [-0.15, -0.1) is 0 Å². The van der Waals surface area contributed by atoms with Gasteiger partial charge in [-0.2, -0.15) is 15.5 Å². The normalized spacial score (nSPS) is 10.7. The van der Waals surface area contributed by atoms with Gasteiger partial charge in [-0.1, -0.05) is 11.6 Å². The van der Waals surface area contributed by atoms with Crippen LogP contribution in [0.25, 0.3) is 22.5 Å². The lowest BCUT2D eigenvalue weighted by Crippen LogP contribution is -2.14. The molecule has 2 N–H and O–H groups in total. The molecule has 4 aromatic heterocycles. The number of nitrogens with two attached hydrogens (primary N) is 1. The summed E-state index contributed by atoms with van der Waals surface area (Å²) in [5, 5.41) is 18.1. The molecule has 0 spiro atoms. The van der Waals surface area contributed by atoms with E-state index in [2.05, 4.69) is 20.2 Å². The number of hydrogen-bond acceptors (Lipinski definition) is 6. The highest BCUT2D eigenvalue weighted by molar-refractivity contribution is 6.31. The van der Waals surface area contributed by atoms with E-state index in [1.54, 1.807) is 40.1 Å². The number of aryl methyl sites for hydroxylation is 2. The number of carbonyl (C=O) groups excluding carboxylic acids is 1. The molecule has 0 unspecified atom stereocenters. The Balaban J connectivity index is 1.55. The zero-order chi connectivity index (χ0) is 21.1. The molecule has 30 heavy (non-hydrogen) atoms. The number of primary amides is 1. The first kappa shape index (κ1) is 19.3. The van der Waals surface area contributed by atoms with E-state index >= 15 is 0 Å². The maximum atomic E-state index is 11.6. The minimum atomic E-state index is -0.592. The van der Waals surface area contributed by atoms with Crippen LogP contribution in [0, 0.1) is 11.3 Å². The van der Waals surface area contributed by atoms with Gasteiger partial charge in [0, 0.05) is 35.9 Å². The lowest BCUT2D eigenvalue weighted by atomic mass is 10.2. The molecular formula is C20H15ClN8O. The number of amides is 1. The Morgan fingerprint density at radius 1 is 1.17 bits per heavy atom. The number of rotatable bonds is 6. The van der Waals surface area contributed by atoms with Crippen LogP contribution in [0.1, 0.15) is 16.2 Å². The molecule has 0 saturated carbocycles. The van der Waals surface area contributed by atoms with Gasteiger partial charge in [0.25, 0.3) is 5.91 Å². The van der Waals surface area contributed by atoms with Crippen LogP contribution in [0.2, 0.25) is 5.02 Å². The van der Waals surface area contributed by atoms with Crippen molar-refractivity contribution >= 4 is 17.5 Å². The first-order chi connectivity index (χ1) is 14.5. The van der Waals surface area contributed by atoms with E-state index in [0.29, 0.717) is 24.3 Å². The van der Waals surface area contributed by atoms with E-state index in [4.69, 9.17) is 22.6 Å². The summed E-state index contributed by atoms with van der Waals surface area (Å²) >= 11 is 6.06. The Hall–Kier alpha value is -4.03. The van der Waals surface area contributed by atoms with Crippen LogP contribution in [0.15, 0.2) is 55.1 Å². The van der Waals surface area contributed by atoms with Crippen molar-refractivity contribution < 1.29 is 4.79 Å². The number of hydrogen-bond donors (Lipinski definition) is 1. The summed E-state index contributed by atoms with van der Waals surface area (Å²) in [6.07, 6.45) is 6.76. The van der Waals surface area contributed by atoms with Gasteiger partial charge >= 0.3 is 0 Å². The van der Waals surface area contributed by atoms with Gasteiger partial charge in [0.2, 0.25) is 0 Å². The average molecular weight is 419 g/mol. The average Bonchev–Trinajstić information content (AvgIpc) is 3.40. The van der Waals surface area contributed by atoms with Gasteiger partial charge in [0.1, 0.15) is 6.07 Å². The van der Waals surface area contributed by atoms with E-state index in [0.717, 1.165) is 11.3 Å². The monoisotopic (exact) mass is 418 g/mol. The third-order valence-corrected chi connectivity index (χ3v) is 4.70. The molecule has 0 aromatic carbocycles. The summed E-state index contributed by atoms with van der Waals surface area (Å²) in [7, 11) is 0. The van der Waals surface area contributed by atoms with E-state index < -0.39 is 5.91 Å². The predicted octanol–water partition coefficient (Wildman–Crippen LogP) is 2.53. The summed E-state index contributed by atoms with van der Waals surface area (Å²) in [4.78, 5) is 19.7. The molecule has 148 valence electrons. The predicted molar refractivity (Wildman–Crippen MR) is 109 cm³/mol. The quantitative estimate of drug-likeness (QED) is 0.512. The van der Waals surface area contributed by atoms with Crippen molar-refractivity contribution in [3.63, 3.8) is 0 Å². The highest BCUT2D eigenvalue weighted by atomic mass is 35.5. The second kappa shape index (κ2) is 8.14. The van der Waals surface area contributed by atoms with Crippen LogP contribution < -0.4 is 5.73 Å². The molecule has 0 aliphatic rings. The summed E-state index contributed by atoms with van der Waals surface area (Å²) in [6.45, 7) is 0.968. The molecule has 0 fully saturated rings. The van der Waals surface area contributed by atoms with Crippen LogP contribution in [0.4, 0.5) is 0 Å². The van der Waals surface area contributed by atoms with Crippen molar-refractivity contribution in [2.24, 2.45) is 5.73 Å².